The topological polar surface area (TPSA) is 63.3 Å². The summed E-state index contributed by atoms with van der Waals surface area (Å²) in [5, 5.41) is 9.20. The first kappa shape index (κ1) is 20.0. The number of aromatic hydroxyl groups is 1. The van der Waals surface area contributed by atoms with E-state index < -0.39 is 34.5 Å². The van der Waals surface area contributed by atoms with E-state index >= 15 is 0 Å². The van der Waals surface area contributed by atoms with Gasteiger partial charge in [-0.3, -0.25) is 9.56 Å². The highest BCUT2D eigenvalue weighted by molar-refractivity contribution is 6.37. The molecule has 0 saturated carbocycles. The first-order valence-electron chi connectivity index (χ1n) is 9.61. The standard InChI is InChI=1S/C21H15ClF4N4O/c1-9-20-28-12-3-2-4-13(12)30(20)14-7-5-10(21(24,25)26)17(22)16(14)19(27-9)18-11(23)6-8-15(31)29-18/h5-9H,2-4H2,1H3,(H,29,31)/t9-/m0/s1. The van der Waals surface area contributed by atoms with Gasteiger partial charge in [-0.2, -0.15) is 13.2 Å². The van der Waals surface area contributed by atoms with Crippen molar-refractivity contribution in [3.05, 3.63) is 69.1 Å². The highest BCUT2D eigenvalue weighted by atomic mass is 35.5. The number of aliphatic imine (C=N–C) groups is 1. The molecule has 0 spiro atoms. The number of benzene rings is 1. The molecule has 1 N–H and O–H groups in total. The molecule has 1 atom stereocenters. The first-order valence-corrected chi connectivity index (χ1v) is 9.99. The summed E-state index contributed by atoms with van der Waals surface area (Å²) in [7, 11) is 0. The average Bonchev–Trinajstić information content (AvgIpc) is 3.25. The molecule has 0 bridgehead atoms. The number of alkyl halides is 3. The van der Waals surface area contributed by atoms with Gasteiger partial charge in [0.2, 0.25) is 5.88 Å². The second-order valence-electron chi connectivity index (χ2n) is 7.52. The van der Waals surface area contributed by atoms with Crippen molar-refractivity contribution >= 4 is 17.3 Å². The molecule has 1 aliphatic carbocycles. The van der Waals surface area contributed by atoms with Crippen LogP contribution in [0.5, 0.6) is 5.88 Å². The van der Waals surface area contributed by atoms with Crippen LogP contribution < -0.4 is 0 Å². The Morgan fingerprint density at radius 1 is 1.13 bits per heavy atom. The van der Waals surface area contributed by atoms with E-state index in [-0.39, 0.29) is 17.0 Å². The van der Waals surface area contributed by atoms with Crippen LogP contribution in [0.1, 0.15) is 53.4 Å². The van der Waals surface area contributed by atoms with E-state index in [4.69, 9.17) is 11.6 Å². The van der Waals surface area contributed by atoms with Crippen molar-refractivity contribution in [1.29, 1.82) is 0 Å². The zero-order valence-corrected chi connectivity index (χ0v) is 16.9. The SMILES string of the molecule is C[C@@H]1N=C(c2nc(O)ccc2F)c2c(ccc(C(F)(F)F)c2Cl)-n2c1nc1c2CCC1. The fraction of sp³-hybridized carbons (Fsp3) is 0.286. The van der Waals surface area contributed by atoms with Crippen LogP contribution in [-0.2, 0) is 19.0 Å². The average molecular weight is 451 g/mol. The molecular formula is C21H15ClF4N4O. The summed E-state index contributed by atoms with van der Waals surface area (Å²) in [5.41, 5.74) is 0.404. The molecule has 0 fully saturated rings. The van der Waals surface area contributed by atoms with Gasteiger partial charge in [0.1, 0.15) is 17.6 Å². The lowest BCUT2D eigenvalue weighted by Gasteiger charge is -2.19. The predicted molar refractivity (Wildman–Crippen MR) is 106 cm³/mol. The maximum atomic E-state index is 14.7. The quantitative estimate of drug-likeness (QED) is 0.519. The van der Waals surface area contributed by atoms with Crippen molar-refractivity contribution in [1.82, 2.24) is 14.5 Å². The summed E-state index contributed by atoms with van der Waals surface area (Å²) < 4.78 is 57.4. The minimum Gasteiger partial charge on any atom is -0.493 e. The van der Waals surface area contributed by atoms with Gasteiger partial charge in [-0.05, 0) is 44.4 Å². The van der Waals surface area contributed by atoms with E-state index in [1.807, 2.05) is 0 Å². The molecule has 0 radical (unpaired) electrons. The summed E-state index contributed by atoms with van der Waals surface area (Å²) in [5.74, 6) is -0.787. The van der Waals surface area contributed by atoms with Crippen LogP contribution >= 0.6 is 11.6 Å². The van der Waals surface area contributed by atoms with Crippen LogP contribution in [0, 0.1) is 5.82 Å². The minimum atomic E-state index is -4.72. The summed E-state index contributed by atoms with van der Waals surface area (Å²) in [4.78, 5) is 13.0. The number of halogens is 5. The van der Waals surface area contributed by atoms with E-state index in [0.717, 1.165) is 42.4 Å². The van der Waals surface area contributed by atoms with Gasteiger partial charge in [0.05, 0.1) is 27.7 Å². The van der Waals surface area contributed by atoms with Crippen molar-refractivity contribution in [3.63, 3.8) is 0 Å². The van der Waals surface area contributed by atoms with Gasteiger partial charge in [0, 0.05) is 17.3 Å². The lowest BCUT2D eigenvalue weighted by atomic mass is 10.00. The van der Waals surface area contributed by atoms with Crippen LogP contribution in [0.2, 0.25) is 5.02 Å². The normalized spacial score (nSPS) is 17.6. The smallest absolute Gasteiger partial charge is 0.417 e. The molecule has 2 aliphatic rings. The van der Waals surface area contributed by atoms with Crippen molar-refractivity contribution in [2.45, 2.75) is 38.4 Å². The van der Waals surface area contributed by atoms with Gasteiger partial charge in [-0.1, -0.05) is 11.6 Å². The van der Waals surface area contributed by atoms with Crippen molar-refractivity contribution in [2.75, 3.05) is 0 Å². The maximum absolute atomic E-state index is 14.7. The predicted octanol–water partition coefficient (Wildman–Crippen LogP) is 5.18. The number of pyridine rings is 1. The molecule has 3 aromatic rings. The van der Waals surface area contributed by atoms with Crippen molar-refractivity contribution in [3.8, 4) is 11.6 Å². The summed E-state index contributed by atoms with van der Waals surface area (Å²) in [6.07, 6.45) is -2.36. The Bertz CT molecular complexity index is 1270. The van der Waals surface area contributed by atoms with E-state index in [1.54, 1.807) is 11.5 Å². The second kappa shape index (κ2) is 6.78. The van der Waals surface area contributed by atoms with Crippen LogP contribution in [0.15, 0.2) is 29.3 Å². The maximum Gasteiger partial charge on any atom is 0.417 e. The Labute approximate surface area is 179 Å². The third-order valence-corrected chi connectivity index (χ3v) is 5.96. The van der Waals surface area contributed by atoms with Gasteiger partial charge in [0.25, 0.3) is 0 Å². The third-order valence-electron chi connectivity index (χ3n) is 5.56. The summed E-state index contributed by atoms with van der Waals surface area (Å²) in [6.45, 7) is 1.72. The number of imidazole rings is 1. The zero-order chi connectivity index (χ0) is 22.1. The number of nitrogens with zero attached hydrogens (tertiary/aromatic N) is 4. The number of aromatic nitrogens is 3. The molecule has 5 rings (SSSR count). The Hall–Kier alpha value is -2.94. The number of aryl methyl sites for hydroxylation is 1. The number of rotatable bonds is 1. The molecule has 1 aromatic carbocycles. The largest absolute Gasteiger partial charge is 0.493 e. The lowest BCUT2D eigenvalue weighted by Crippen LogP contribution is -2.16. The summed E-state index contributed by atoms with van der Waals surface area (Å²) >= 11 is 6.31. The lowest BCUT2D eigenvalue weighted by molar-refractivity contribution is -0.137. The first-order chi connectivity index (χ1) is 14.7. The fourth-order valence-corrected chi connectivity index (χ4v) is 4.60. The summed E-state index contributed by atoms with van der Waals surface area (Å²) in [6, 6.07) is 3.63. The molecule has 160 valence electrons. The molecule has 0 amide bonds. The minimum absolute atomic E-state index is 0.0915. The van der Waals surface area contributed by atoms with Gasteiger partial charge >= 0.3 is 6.18 Å². The van der Waals surface area contributed by atoms with E-state index in [9.17, 15) is 22.7 Å². The molecular weight excluding hydrogens is 436 g/mol. The molecule has 2 aromatic heterocycles. The van der Waals surface area contributed by atoms with E-state index in [2.05, 4.69) is 15.0 Å². The molecule has 1 aliphatic heterocycles. The molecule has 0 saturated heterocycles. The van der Waals surface area contributed by atoms with E-state index in [0.29, 0.717) is 17.9 Å². The van der Waals surface area contributed by atoms with Crippen LogP contribution in [0.25, 0.3) is 5.69 Å². The number of hydrogen-bond acceptors (Lipinski definition) is 4. The Morgan fingerprint density at radius 2 is 1.90 bits per heavy atom. The second-order valence-corrected chi connectivity index (χ2v) is 7.90. The molecule has 3 heterocycles. The van der Waals surface area contributed by atoms with Crippen LogP contribution in [0.4, 0.5) is 17.6 Å². The molecule has 5 nitrogen and oxygen atoms in total. The van der Waals surface area contributed by atoms with Crippen molar-refractivity contribution < 1.29 is 22.7 Å². The molecule has 0 unspecified atom stereocenters. The van der Waals surface area contributed by atoms with Gasteiger partial charge in [0.15, 0.2) is 5.82 Å². The van der Waals surface area contributed by atoms with Gasteiger partial charge < -0.3 is 5.11 Å². The molecule has 31 heavy (non-hydrogen) atoms. The van der Waals surface area contributed by atoms with Gasteiger partial charge in [-0.25, -0.2) is 14.4 Å². The van der Waals surface area contributed by atoms with Crippen molar-refractivity contribution in [2.24, 2.45) is 4.99 Å². The highest BCUT2D eigenvalue weighted by Gasteiger charge is 2.38. The Kier molecular flexibility index (Phi) is 4.37. The number of fused-ring (bicyclic) bond motifs is 5. The molecule has 10 heteroatoms. The fourth-order valence-electron chi connectivity index (χ4n) is 4.24. The monoisotopic (exact) mass is 450 g/mol. The Balaban J connectivity index is 1.89. The van der Waals surface area contributed by atoms with Crippen LogP contribution in [-0.4, -0.2) is 25.4 Å². The van der Waals surface area contributed by atoms with E-state index in [1.165, 1.54) is 6.07 Å². The number of hydrogen-bond donors (Lipinski definition) is 1. The van der Waals surface area contributed by atoms with Gasteiger partial charge in [-0.15, -0.1) is 0 Å². The Morgan fingerprint density at radius 3 is 2.65 bits per heavy atom. The zero-order valence-electron chi connectivity index (χ0n) is 16.1. The highest BCUT2D eigenvalue weighted by Crippen LogP contribution is 2.43. The third kappa shape index (κ3) is 3.02. The van der Waals surface area contributed by atoms with Crippen LogP contribution in [0.3, 0.4) is 0 Å².